The average molecular weight is 591 g/mol. The Morgan fingerprint density at radius 1 is 0.929 bits per heavy atom. The maximum absolute atomic E-state index is 14.0. The van der Waals surface area contributed by atoms with Crippen LogP contribution in [0.4, 0.5) is 0 Å². The normalized spacial score (nSPS) is 17.1. The number of hydrogen-bond acceptors (Lipinski definition) is 7. The number of hydrogen-bond donors (Lipinski definition) is 0. The van der Waals surface area contributed by atoms with Gasteiger partial charge in [-0.25, -0.2) is 5.01 Å². The molecule has 220 valence electrons. The van der Waals surface area contributed by atoms with Crippen molar-refractivity contribution in [2.24, 2.45) is 5.10 Å². The largest absolute Gasteiger partial charge is 0.497 e. The molecule has 42 heavy (non-hydrogen) atoms. The monoisotopic (exact) mass is 590 g/mol. The number of methoxy groups -OCH3 is 2. The van der Waals surface area contributed by atoms with Gasteiger partial charge in [0.05, 0.1) is 39.2 Å². The number of benzene rings is 3. The lowest BCUT2D eigenvalue weighted by molar-refractivity contribution is -0.133. The number of ether oxygens (including phenoxy) is 3. The Balaban J connectivity index is 1.40. The van der Waals surface area contributed by atoms with E-state index in [0.29, 0.717) is 49.1 Å². The molecule has 0 spiro atoms. The second-order valence-corrected chi connectivity index (χ2v) is 10.6. The lowest BCUT2D eigenvalue weighted by atomic mass is 9.98. The van der Waals surface area contributed by atoms with E-state index >= 15 is 0 Å². The molecule has 9 nitrogen and oxygen atoms in total. The molecule has 2 heterocycles. The van der Waals surface area contributed by atoms with Crippen molar-refractivity contribution in [2.45, 2.75) is 12.5 Å². The summed E-state index contributed by atoms with van der Waals surface area (Å²) in [6, 6.07) is 21.7. The third-order valence-electron chi connectivity index (χ3n) is 7.58. The first-order valence-electron chi connectivity index (χ1n) is 14.0. The molecule has 0 aromatic heterocycles. The van der Waals surface area contributed by atoms with E-state index in [4.69, 9.17) is 30.9 Å². The Bertz CT molecular complexity index is 1390. The smallest absolute Gasteiger partial charge is 0.262 e. The van der Waals surface area contributed by atoms with Gasteiger partial charge in [-0.3, -0.25) is 14.5 Å². The fourth-order valence-electron chi connectivity index (χ4n) is 5.13. The first-order valence-corrected chi connectivity index (χ1v) is 14.4. The second-order valence-electron chi connectivity index (χ2n) is 10.2. The number of amides is 2. The van der Waals surface area contributed by atoms with Crippen LogP contribution in [0.2, 0.25) is 5.02 Å². The molecule has 1 unspecified atom stereocenters. The molecule has 1 fully saturated rings. The highest BCUT2D eigenvalue weighted by molar-refractivity contribution is 6.30. The molecule has 3 aromatic carbocycles. The van der Waals surface area contributed by atoms with Gasteiger partial charge in [0, 0.05) is 43.2 Å². The van der Waals surface area contributed by atoms with E-state index in [1.807, 2.05) is 48.5 Å². The number of rotatable bonds is 10. The number of halogens is 1. The lowest BCUT2D eigenvalue weighted by Crippen LogP contribution is -2.46. The maximum Gasteiger partial charge on any atom is 0.262 e. The average Bonchev–Trinajstić information content (AvgIpc) is 3.49. The van der Waals surface area contributed by atoms with E-state index in [2.05, 4.69) is 4.90 Å². The molecule has 0 aliphatic carbocycles. The van der Waals surface area contributed by atoms with Gasteiger partial charge in [-0.15, -0.1) is 0 Å². The van der Waals surface area contributed by atoms with Crippen LogP contribution in [-0.2, 0) is 9.53 Å². The van der Waals surface area contributed by atoms with Crippen molar-refractivity contribution >= 4 is 29.1 Å². The van der Waals surface area contributed by atoms with Crippen molar-refractivity contribution < 1.29 is 23.8 Å². The molecule has 3 aromatic rings. The summed E-state index contributed by atoms with van der Waals surface area (Å²) in [5, 5.41) is 6.93. The summed E-state index contributed by atoms with van der Waals surface area (Å²) in [5.41, 5.74) is 3.10. The minimum Gasteiger partial charge on any atom is -0.497 e. The summed E-state index contributed by atoms with van der Waals surface area (Å²) < 4.78 is 16.0. The zero-order valence-corrected chi connectivity index (χ0v) is 24.6. The van der Waals surface area contributed by atoms with Crippen LogP contribution in [0, 0.1) is 0 Å². The Labute approximate surface area is 251 Å². The van der Waals surface area contributed by atoms with E-state index in [9.17, 15) is 9.59 Å². The lowest BCUT2D eigenvalue weighted by Gasteiger charge is -2.31. The molecule has 0 saturated carbocycles. The molecule has 2 amide bonds. The van der Waals surface area contributed by atoms with E-state index in [1.54, 1.807) is 43.4 Å². The van der Waals surface area contributed by atoms with Crippen molar-refractivity contribution in [1.29, 1.82) is 0 Å². The zero-order chi connectivity index (χ0) is 29.5. The second kappa shape index (κ2) is 13.8. The van der Waals surface area contributed by atoms with Gasteiger partial charge in [-0.1, -0.05) is 23.7 Å². The van der Waals surface area contributed by atoms with E-state index in [1.165, 1.54) is 5.01 Å². The van der Waals surface area contributed by atoms with Crippen molar-refractivity contribution in [1.82, 2.24) is 14.8 Å². The standard InChI is InChI=1S/C32H35ClN4O5/c1-40-27-11-5-23(6-12-27)29-21-30(24-3-9-26(33)10-4-24)37(34-29)31(38)22-36(16-15-35-17-19-42-20-18-35)32(39)25-7-13-28(41-2)14-8-25/h3-14,30H,15-22H2,1-2H3. The molecule has 5 rings (SSSR count). The molecule has 1 saturated heterocycles. The van der Waals surface area contributed by atoms with E-state index in [-0.39, 0.29) is 24.4 Å². The summed E-state index contributed by atoms with van der Waals surface area (Å²) in [5.74, 6) is 0.918. The highest BCUT2D eigenvalue weighted by Crippen LogP contribution is 2.34. The molecular weight excluding hydrogens is 556 g/mol. The zero-order valence-electron chi connectivity index (χ0n) is 23.9. The molecule has 0 radical (unpaired) electrons. The summed E-state index contributed by atoms with van der Waals surface area (Å²) in [6.07, 6.45) is 0.528. The molecule has 0 bridgehead atoms. The number of carbonyl (C=O) groups excluding carboxylic acids is 2. The molecule has 1 atom stereocenters. The Hall–Kier alpha value is -3.92. The van der Waals surface area contributed by atoms with Gasteiger partial charge in [0.2, 0.25) is 0 Å². The maximum atomic E-state index is 14.0. The van der Waals surface area contributed by atoms with Crippen LogP contribution in [0.1, 0.15) is 33.9 Å². The third-order valence-corrected chi connectivity index (χ3v) is 7.84. The number of hydrazone groups is 1. The molecular formula is C32H35ClN4O5. The fourth-order valence-corrected chi connectivity index (χ4v) is 5.26. The number of nitrogens with zero attached hydrogens (tertiary/aromatic N) is 4. The first-order chi connectivity index (χ1) is 20.4. The Morgan fingerprint density at radius 2 is 1.55 bits per heavy atom. The van der Waals surface area contributed by atoms with Crippen molar-refractivity contribution in [3.05, 3.63) is 94.5 Å². The molecule has 0 N–H and O–H groups in total. The van der Waals surface area contributed by atoms with Crippen LogP contribution >= 0.6 is 11.6 Å². The Kier molecular flexibility index (Phi) is 9.74. The van der Waals surface area contributed by atoms with Gasteiger partial charge in [-0.2, -0.15) is 5.10 Å². The molecule has 2 aliphatic heterocycles. The van der Waals surface area contributed by atoms with Crippen LogP contribution in [-0.4, -0.2) is 92.5 Å². The van der Waals surface area contributed by atoms with Gasteiger partial charge in [0.1, 0.15) is 18.0 Å². The first kappa shape index (κ1) is 29.6. The molecule has 10 heteroatoms. The summed E-state index contributed by atoms with van der Waals surface area (Å²) in [4.78, 5) is 31.6. The highest BCUT2D eigenvalue weighted by Gasteiger charge is 2.34. The Morgan fingerprint density at radius 3 is 2.17 bits per heavy atom. The van der Waals surface area contributed by atoms with Gasteiger partial charge < -0.3 is 19.1 Å². The topological polar surface area (TPSA) is 83.9 Å². The van der Waals surface area contributed by atoms with Crippen molar-refractivity contribution in [2.75, 3.05) is 60.2 Å². The van der Waals surface area contributed by atoms with E-state index in [0.717, 1.165) is 35.7 Å². The predicted octanol–water partition coefficient (Wildman–Crippen LogP) is 4.51. The van der Waals surface area contributed by atoms with Crippen LogP contribution in [0.25, 0.3) is 0 Å². The van der Waals surface area contributed by atoms with Crippen LogP contribution < -0.4 is 9.47 Å². The fraction of sp³-hybridized carbons (Fsp3) is 0.344. The van der Waals surface area contributed by atoms with E-state index < -0.39 is 0 Å². The SMILES string of the molecule is COc1ccc(C(=O)N(CCN2CCOCC2)CC(=O)N2N=C(c3ccc(OC)cc3)CC2c2ccc(Cl)cc2)cc1. The molecule has 2 aliphatic rings. The third kappa shape index (κ3) is 7.10. The van der Waals surface area contributed by atoms with Gasteiger partial charge >= 0.3 is 0 Å². The highest BCUT2D eigenvalue weighted by atomic mass is 35.5. The van der Waals surface area contributed by atoms with Crippen molar-refractivity contribution in [3.63, 3.8) is 0 Å². The summed E-state index contributed by atoms with van der Waals surface area (Å²) in [6.45, 7) is 3.82. The quantitative estimate of drug-likeness (QED) is 0.346. The number of carbonyl (C=O) groups is 2. The number of morpholine rings is 1. The summed E-state index contributed by atoms with van der Waals surface area (Å²) >= 11 is 6.17. The minimum atomic E-state index is -0.330. The summed E-state index contributed by atoms with van der Waals surface area (Å²) in [7, 11) is 3.20. The van der Waals surface area contributed by atoms with Gasteiger partial charge in [0.25, 0.3) is 11.8 Å². The predicted molar refractivity (Wildman–Crippen MR) is 161 cm³/mol. The van der Waals surface area contributed by atoms with Crippen LogP contribution in [0.15, 0.2) is 77.9 Å². The van der Waals surface area contributed by atoms with Gasteiger partial charge in [0.15, 0.2) is 0 Å². The van der Waals surface area contributed by atoms with Crippen molar-refractivity contribution in [3.8, 4) is 11.5 Å². The van der Waals surface area contributed by atoms with Crippen LogP contribution in [0.5, 0.6) is 11.5 Å². The van der Waals surface area contributed by atoms with Crippen LogP contribution in [0.3, 0.4) is 0 Å². The van der Waals surface area contributed by atoms with Gasteiger partial charge in [-0.05, 0) is 71.8 Å². The minimum absolute atomic E-state index is 0.112.